The van der Waals surface area contributed by atoms with Crippen LogP contribution in [0.25, 0.3) is 0 Å². The smallest absolute Gasteiger partial charge is 0.228 e. The van der Waals surface area contributed by atoms with Crippen molar-refractivity contribution < 1.29 is 4.79 Å². The number of rotatable bonds is 4. The molecule has 0 saturated heterocycles. The van der Waals surface area contributed by atoms with Crippen LogP contribution in [0.1, 0.15) is 12.5 Å². The highest BCUT2D eigenvalue weighted by molar-refractivity contribution is 5.92. The van der Waals surface area contributed by atoms with Crippen LogP contribution in [-0.4, -0.2) is 19.5 Å². The Balaban J connectivity index is 2.60. The fraction of sp³-hybridized carbons (Fsp3) is 0.333. The highest BCUT2D eigenvalue weighted by Gasteiger charge is 2.11. The highest BCUT2D eigenvalue weighted by Crippen LogP contribution is 2.10. The van der Waals surface area contributed by atoms with Crippen molar-refractivity contribution in [3.05, 3.63) is 29.8 Å². The average molecular weight is 217 g/mol. The van der Waals surface area contributed by atoms with Crippen molar-refractivity contribution in [2.75, 3.05) is 18.9 Å². The molecule has 0 fully saturated rings. The minimum Gasteiger partial charge on any atom is -0.326 e. The first-order valence-corrected chi connectivity index (χ1v) is 5.13. The van der Waals surface area contributed by atoms with Crippen LogP contribution in [0.4, 0.5) is 5.69 Å². The van der Waals surface area contributed by atoms with Gasteiger partial charge >= 0.3 is 0 Å². The van der Waals surface area contributed by atoms with E-state index >= 15 is 0 Å². The van der Waals surface area contributed by atoms with E-state index < -0.39 is 0 Å². The van der Waals surface area contributed by atoms with Crippen molar-refractivity contribution in [3.8, 4) is 6.07 Å². The zero-order chi connectivity index (χ0) is 12.0. The number of hydrogen-bond acceptors (Lipinski definition) is 3. The second-order valence-corrected chi connectivity index (χ2v) is 3.64. The van der Waals surface area contributed by atoms with Gasteiger partial charge in [-0.25, -0.2) is 0 Å². The second kappa shape index (κ2) is 5.89. The Hall–Kier alpha value is -1.86. The number of benzene rings is 1. The van der Waals surface area contributed by atoms with Crippen LogP contribution in [0.15, 0.2) is 24.3 Å². The first kappa shape index (κ1) is 12.2. The van der Waals surface area contributed by atoms with E-state index in [0.29, 0.717) is 17.8 Å². The molecule has 16 heavy (non-hydrogen) atoms. The number of carbonyl (C=O) groups excluding carboxylic acids is 1. The fourth-order valence-corrected chi connectivity index (χ4v) is 1.29. The van der Waals surface area contributed by atoms with Crippen molar-refractivity contribution in [1.29, 1.82) is 5.26 Å². The van der Waals surface area contributed by atoms with Crippen LogP contribution in [0.2, 0.25) is 0 Å². The van der Waals surface area contributed by atoms with Gasteiger partial charge in [0.15, 0.2) is 0 Å². The summed E-state index contributed by atoms with van der Waals surface area (Å²) in [5.41, 5.74) is 1.30. The molecule has 0 aliphatic rings. The molecule has 1 aromatic rings. The molecule has 1 atom stereocenters. The van der Waals surface area contributed by atoms with Gasteiger partial charge in [-0.2, -0.15) is 5.26 Å². The van der Waals surface area contributed by atoms with E-state index in [1.807, 2.05) is 20.0 Å². The number of nitrogens with zero attached hydrogens (tertiary/aromatic N) is 1. The lowest BCUT2D eigenvalue weighted by Crippen LogP contribution is -2.28. The van der Waals surface area contributed by atoms with Crippen LogP contribution >= 0.6 is 0 Å². The van der Waals surface area contributed by atoms with Crippen molar-refractivity contribution >= 4 is 11.6 Å². The monoisotopic (exact) mass is 217 g/mol. The third-order valence-corrected chi connectivity index (χ3v) is 2.24. The largest absolute Gasteiger partial charge is 0.326 e. The molecule has 2 N–H and O–H groups in total. The molecule has 0 aromatic heterocycles. The number of nitrogens with one attached hydrogen (secondary N) is 2. The summed E-state index contributed by atoms with van der Waals surface area (Å²) in [4.78, 5) is 11.6. The summed E-state index contributed by atoms with van der Waals surface area (Å²) in [6.45, 7) is 2.50. The number of carbonyl (C=O) groups is 1. The lowest BCUT2D eigenvalue weighted by atomic mass is 10.1. The SMILES string of the molecule is CNCC(C)C(=O)Nc1ccc(C#N)cc1. The number of amides is 1. The summed E-state index contributed by atoms with van der Waals surface area (Å²) >= 11 is 0. The molecular formula is C12H15N3O. The van der Waals surface area contributed by atoms with Crippen LogP contribution in [0, 0.1) is 17.2 Å². The topological polar surface area (TPSA) is 64.9 Å². The van der Waals surface area contributed by atoms with Gasteiger partial charge in [-0.15, -0.1) is 0 Å². The van der Waals surface area contributed by atoms with Crippen LogP contribution in [0.5, 0.6) is 0 Å². The first-order valence-electron chi connectivity index (χ1n) is 5.13. The van der Waals surface area contributed by atoms with Gasteiger partial charge in [-0.3, -0.25) is 4.79 Å². The van der Waals surface area contributed by atoms with Crippen LogP contribution < -0.4 is 10.6 Å². The molecule has 0 heterocycles. The Morgan fingerprint density at radius 2 is 2.06 bits per heavy atom. The first-order chi connectivity index (χ1) is 7.67. The second-order valence-electron chi connectivity index (χ2n) is 3.64. The van der Waals surface area contributed by atoms with E-state index in [-0.39, 0.29) is 11.8 Å². The Morgan fingerprint density at radius 3 is 2.56 bits per heavy atom. The van der Waals surface area contributed by atoms with Crippen molar-refractivity contribution in [2.45, 2.75) is 6.92 Å². The molecule has 84 valence electrons. The van der Waals surface area contributed by atoms with Gasteiger partial charge in [0.05, 0.1) is 11.6 Å². The third kappa shape index (κ3) is 3.37. The molecule has 0 saturated carbocycles. The molecule has 1 aromatic carbocycles. The number of hydrogen-bond donors (Lipinski definition) is 2. The molecule has 0 spiro atoms. The molecule has 1 unspecified atom stereocenters. The van der Waals surface area contributed by atoms with Crippen molar-refractivity contribution in [2.24, 2.45) is 5.92 Å². The molecule has 0 radical (unpaired) electrons. The average Bonchev–Trinajstić information content (AvgIpc) is 2.30. The molecular weight excluding hydrogens is 202 g/mol. The van der Waals surface area contributed by atoms with E-state index in [4.69, 9.17) is 5.26 Å². The summed E-state index contributed by atoms with van der Waals surface area (Å²) in [7, 11) is 1.81. The molecule has 0 aliphatic heterocycles. The van der Waals surface area contributed by atoms with Gasteiger partial charge in [0.2, 0.25) is 5.91 Å². The maximum absolute atomic E-state index is 11.6. The van der Waals surface area contributed by atoms with Crippen LogP contribution in [-0.2, 0) is 4.79 Å². The predicted molar refractivity (Wildman–Crippen MR) is 62.9 cm³/mol. The Bertz CT molecular complexity index is 392. The maximum atomic E-state index is 11.6. The Kier molecular flexibility index (Phi) is 4.49. The zero-order valence-corrected chi connectivity index (χ0v) is 9.45. The van der Waals surface area contributed by atoms with Gasteiger partial charge in [0, 0.05) is 18.2 Å². The minimum absolute atomic E-state index is 0.0287. The van der Waals surface area contributed by atoms with Gasteiger partial charge in [0.1, 0.15) is 0 Å². The number of anilines is 1. The highest BCUT2D eigenvalue weighted by atomic mass is 16.1. The normalized spacial score (nSPS) is 11.6. The van der Waals surface area contributed by atoms with E-state index in [0.717, 1.165) is 0 Å². The molecule has 1 amide bonds. The Morgan fingerprint density at radius 1 is 1.44 bits per heavy atom. The van der Waals surface area contributed by atoms with Crippen LogP contribution in [0.3, 0.4) is 0 Å². The molecule has 0 bridgehead atoms. The molecule has 1 rings (SSSR count). The summed E-state index contributed by atoms with van der Waals surface area (Å²) in [5, 5.41) is 14.4. The fourth-order valence-electron chi connectivity index (χ4n) is 1.29. The van der Waals surface area contributed by atoms with Crippen molar-refractivity contribution in [1.82, 2.24) is 5.32 Å². The van der Waals surface area contributed by atoms with Gasteiger partial charge < -0.3 is 10.6 Å². The van der Waals surface area contributed by atoms with E-state index in [2.05, 4.69) is 10.6 Å². The molecule has 4 nitrogen and oxygen atoms in total. The standard InChI is InChI=1S/C12H15N3O/c1-9(8-14-2)12(16)15-11-5-3-10(7-13)4-6-11/h3-6,9,14H,8H2,1-2H3,(H,15,16). The van der Waals surface area contributed by atoms with Gasteiger partial charge in [0.25, 0.3) is 0 Å². The lowest BCUT2D eigenvalue weighted by molar-refractivity contribution is -0.119. The van der Waals surface area contributed by atoms with Gasteiger partial charge in [-0.1, -0.05) is 6.92 Å². The summed E-state index contributed by atoms with van der Waals surface area (Å²) in [6, 6.07) is 8.84. The van der Waals surface area contributed by atoms with E-state index in [9.17, 15) is 4.79 Å². The summed E-state index contributed by atoms with van der Waals surface area (Å²) in [5.74, 6) is -0.111. The van der Waals surface area contributed by atoms with Gasteiger partial charge in [-0.05, 0) is 31.3 Å². The lowest BCUT2D eigenvalue weighted by Gasteiger charge is -2.11. The Labute approximate surface area is 95.3 Å². The summed E-state index contributed by atoms with van der Waals surface area (Å²) < 4.78 is 0. The van der Waals surface area contributed by atoms with E-state index in [1.54, 1.807) is 24.3 Å². The van der Waals surface area contributed by atoms with E-state index in [1.165, 1.54) is 0 Å². The summed E-state index contributed by atoms with van der Waals surface area (Å²) in [6.07, 6.45) is 0. The quantitative estimate of drug-likeness (QED) is 0.800. The molecule has 0 aliphatic carbocycles. The third-order valence-electron chi connectivity index (χ3n) is 2.24. The molecule has 4 heteroatoms. The zero-order valence-electron chi connectivity index (χ0n) is 9.45. The van der Waals surface area contributed by atoms with Crippen molar-refractivity contribution in [3.63, 3.8) is 0 Å². The number of nitriles is 1. The minimum atomic E-state index is -0.0827. The predicted octanol–water partition coefficient (Wildman–Crippen LogP) is 1.35. The maximum Gasteiger partial charge on any atom is 0.228 e.